The number of nitrogens with one attached hydrogen (secondary N) is 1. The zero-order valence-corrected chi connectivity index (χ0v) is 12.6. The standard InChI is InChI=1S/C13H26N2OS/c1-6-10(9-16-5)14-12-15-11(7-8-17-12)13(2,3)4/h10-11H,6-9H2,1-5H3,(H,14,15). The normalized spacial score (nSPS) is 23.1. The van der Waals surface area contributed by atoms with Crippen molar-refractivity contribution in [2.24, 2.45) is 10.4 Å². The minimum atomic E-state index is 0.261. The van der Waals surface area contributed by atoms with E-state index in [1.54, 1.807) is 7.11 Å². The third kappa shape index (κ3) is 4.88. The summed E-state index contributed by atoms with van der Waals surface area (Å²) < 4.78 is 5.20. The van der Waals surface area contributed by atoms with Crippen LogP contribution in [-0.4, -0.2) is 36.7 Å². The molecule has 1 heterocycles. The average Bonchev–Trinajstić information content (AvgIpc) is 2.28. The molecule has 0 aromatic carbocycles. The SMILES string of the molecule is CCC(COC)NC1=NC(C(C)(C)C)CCS1. The Kier molecular flexibility index (Phi) is 5.80. The maximum Gasteiger partial charge on any atom is 0.157 e. The molecule has 1 rings (SSSR count). The van der Waals surface area contributed by atoms with Gasteiger partial charge in [0.05, 0.1) is 18.7 Å². The van der Waals surface area contributed by atoms with Gasteiger partial charge in [0.25, 0.3) is 0 Å². The summed E-state index contributed by atoms with van der Waals surface area (Å²) in [6.07, 6.45) is 2.24. The third-order valence-corrected chi connectivity index (χ3v) is 4.03. The summed E-state index contributed by atoms with van der Waals surface area (Å²) in [4.78, 5) is 4.84. The van der Waals surface area contributed by atoms with E-state index in [0.717, 1.165) is 23.9 Å². The fraction of sp³-hybridized carbons (Fsp3) is 0.923. The van der Waals surface area contributed by atoms with Gasteiger partial charge in [-0.2, -0.15) is 0 Å². The van der Waals surface area contributed by atoms with Crippen molar-refractivity contribution in [3.8, 4) is 0 Å². The highest BCUT2D eigenvalue weighted by Gasteiger charge is 2.27. The Morgan fingerprint density at radius 1 is 1.53 bits per heavy atom. The van der Waals surface area contributed by atoms with Gasteiger partial charge in [-0.15, -0.1) is 0 Å². The molecule has 4 heteroatoms. The lowest BCUT2D eigenvalue weighted by Crippen LogP contribution is -2.40. The van der Waals surface area contributed by atoms with Crippen LogP contribution in [0.5, 0.6) is 0 Å². The summed E-state index contributed by atoms with van der Waals surface area (Å²) in [5.41, 5.74) is 0.261. The van der Waals surface area contributed by atoms with Gasteiger partial charge in [-0.1, -0.05) is 39.5 Å². The van der Waals surface area contributed by atoms with Crippen LogP contribution in [0.1, 0.15) is 40.5 Å². The van der Waals surface area contributed by atoms with E-state index in [1.807, 2.05) is 11.8 Å². The molecule has 1 aliphatic heterocycles. The minimum absolute atomic E-state index is 0.261. The summed E-state index contributed by atoms with van der Waals surface area (Å²) >= 11 is 1.84. The average molecular weight is 258 g/mol. The molecule has 0 radical (unpaired) electrons. The molecule has 0 bridgehead atoms. The van der Waals surface area contributed by atoms with Crippen molar-refractivity contribution in [1.29, 1.82) is 0 Å². The van der Waals surface area contributed by atoms with Gasteiger partial charge >= 0.3 is 0 Å². The molecule has 0 saturated carbocycles. The topological polar surface area (TPSA) is 33.6 Å². The van der Waals surface area contributed by atoms with Gasteiger partial charge in [0.2, 0.25) is 0 Å². The van der Waals surface area contributed by atoms with Crippen LogP contribution in [0.2, 0.25) is 0 Å². The molecule has 100 valence electrons. The summed E-state index contributed by atoms with van der Waals surface area (Å²) in [5.74, 6) is 1.16. The molecule has 0 saturated heterocycles. The van der Waals surface area contributed by atoms with Crippen LogP contribution in [0.25, 0.3) is 0 Å². The molecular weight excluding hydrogens is 232 g/mol. The fourth-order valence-electron chi connectivity index (χ4n) is 1.85. The Hall–Kier alpha value is -0.220. The van der Waals surface area contributed by atoms with Crippen molar-refractivity contribution in [1.82, 2.24) is 5.32 Å². The van der Waals surface area contributed by atoms with Crippen molar-refractivity contribution < 1.29 is 4.74 Å². The van der Waals surface area contributed by atoms with Crippen LogP contribution in [0.3, 0.4) is 0 Å². The predicted octanol–water partition coefficient (Wildman–Crippen LogP) is 2.91. The van der Waals surface area contributed by atoms with E-state index in [2.05, 4.69) is 33.0 Å². The number of amidine groups is 1. The first-order valence-electron chi connectivity index (χ1n) is 6.43. The van der Waals surface area contributed by atoms with Crippen LogP contribution in [0.4, 0.5) is 0 Å². The molecule has 0 aliphatic carbocycles. The lowest BCUT2D eigenvalue weighted by atomic mass is 9.85. The van der Waals surface area contributed by atoms with Crippen LogP contribution >= 0.6 is 11.8 Å². The molecule has 1 N–H and O–H groups in total. The molecule has 0 spiro atoms. The Labute approximate surface area is 110 Å². The van der Waals surface area contributed by atoms with Crippen molar-refractivity contribution in [2.75, 3.05) is 19.5 Å². The molecule has 0 amide bonds. The highest BCUT2D eigenvalue weighted by molar-refractivity contribution is 8.13. The number of rotatable bonds is 4. The van der Waals surface area contributed by atoms with Crippen molar-refractivity contribution in [3.05, 3.63) is 0 Å². The molecule has 2 unspecified atom stereocenters. The van der Waals surface area contributed by atoms with Gasteiger partial charge < -0.3 is 10.1 Å². The smallest absolute Gasteiger partial charge is 0.157 e. The number of hydrogen-bond donors (Lipinski definition) is 1. The molecule has 3 nitrogen and oxygen atoms in total. The quantitative estimate of drug-likeness (QED) is 0.842. The van der Waals surface area contributed by atoms with Crippen LogP contribution in [0.15, 0.2) is 4.99 Å². The highest BCUT2D eigenvalue weighted by atomic mass is 32.2. The van der Waals surface area contributed by atoms with E-state index in [-0.39, 0.29) is 5.41 Å². The maximum absolute atomic E-state index is 5.20. The second-order valence-corrected chi connectivity index (χ2v) is 6.74. The summed E-state index contributed by atoms with van der Waals surface area (Å²) in [6, 6.07) is 0.816. The van der Waals surface area contributed by atoms with E-state index in [0.29, 0.717) is 12.1 Å². The first-order chi connectivity index (χ1) is 7.97. The number of nitrogens with zero attached hydrogens (tertiary/aromatic N) is 1. The van der Waals surface area contributed by atoms with Crippen LogP contribution in [0, 0.1) is 5.41 Å². The van der Waals surface area contributed by atoms with Gasteiger partial charge in [-0.05, 0) is 18.3 Å². The lowest BCUT2D eigenvalue weighted by Gasteiger charge is -2.32. The zero-order valence-electron chi connectivity index (χ0n) is 11.7. The Morgan fingerprint density at radius 3 is 2.76 bits per heavy atom. The Balaban J connectivity index is 2.60. The largest absolute Gasteiger partial charge is 0.383 e. The molecule has 0 aromatic heterocycles. The fourth-order valence-corrected chi connectivity index (χ4v) is 2.84. The molecule has 2 atom stereocenters. The first-order valence-corrected chi connectivity index (χ1v) is 7.42. The first kappa shape index (κ1) is 14.8. The lowest BCUT2D eigenvalue weighted by molar-refractivity contribution is 0.172. The second kappa shape index (κ2) is 6.64. The van der Waals surface area contributed by atoms with E-state index in [9.17, 15) is 0 Å². The van der Waals surface area contributed by atoms with Gasteiger partial charge in [0, 0.05) is 12.9 Å². The number of hydrogen-bond acceptors (Lipinski definition) is 4. The van der Waals surface area contributed by atoms with Crippen molar-refractivity contribution in [2.45, 2.75) is 52.6 Å². The summed E-state index contributed by atoms with van der Waals surface area (Å²) in [6.45, 7) is 9.71. The van der Waals surface area contributed by atoms with Crippen molar-refractivity contribution >= 4 is 16.9 Å². The summed E-state index contributed by atoms with van der Waals surface area (Å²) in [7, 11) is 1.75. The monoisotopic (exact) mass is 258 g/mol. The van der Waals surface area contributed by atoms with E-state index in [1.165, 1.54) is 6.42 Å². The minimum Gasteiger partial charge on any atom is -0.383 e. The second-order valence-electron chi connectivity index (χ2n) is 5.66. The van der Waals surface area contributed by atoms with Gasteiger partial charge in [0.15, 0.2) is 5.17 Å². The van der Waals surface area contributed by atoms with E-state index < -0.39 is 0 Å². The number of aliphatic imine (C=N–C) groups is 1. The zero-order chi connectivity index (χ0) is 12.9. The molecule has 0 fully saturated rings. The molecule has 1 aliphatic rings. The van der Waals surface area contributed by atoms with E-state index >= 15 is 0 Å². The van der Waals surface area contributed by atoms with Crippen LogP contribution < -0.4 is 5.32 Å². The van der Waals surface area contributed by atoms with Gasteiger partial charge in [0.1, 0.15) is 0 Å². The Bertz CT molecular complexity index is 261. The van der Waals surface area contributed by atoms with Crippen LogP contribution in [-0.2, 0) is 4.74 Å². The maximum atomic E-state index is 5.20. The number of thioether (sulfide) groups is 1. The predicted molar refractivity (Wildman–Crippen MR) is 76.8 cm³/mol. The molecule has 0 aromatic rings. The molecular formula is C13H26N2OS. The highest BCUT2D eigenvalue weighted by Crippen LogP contribution is 2.30. The summed E-state index contributed by atoms with van der Waals surface area (Å²) in [5, 5.41) is 4.59. The number of ether oxygens (including phenoxy) is 1. The Morgan fingerprint density at radius 2 is 2.24 bits per heavy atom. The van der Waals surface area contributed by atoms with Gasteiger partial charge in [-0.3, -0.25) is 4.99 Å². The van der Waals surface area contributed by atoms with Gasteiger partial charge in [-0.25, -0.2) is 0 Å². The van der Waals surface area contributed by atoms with Crippen molar-refractivity contribution in [3.63, 3.8) is 0 Å². The number of methoxy groups -OCH3 is 1. The van der Waals surface area contributed by atoms with E-state index in [4.69, 9.17) is 9.73 Å². The molecule has 17 heavy (non-hydrogen) atoms. The third-order valence-electron chi connectivity index (χ3n) is 3.09.